The highest BCUT2D eigenvalue weighted by atomic mass is 16.5. The van der Waals surface area contributed by atoms with Crippen LogP contribution >= 0.6 is 0 Å². The third-order valence-corrected chi connectivity index (χ3v) is 10.8. The van der Waals surface area contributed by atoms with E-state index in [0.29, 0.717) is 23.9 Å². The second-order valence-electron chi connectivity index (χ2n) is 15.4. The molecule has 0 unspecified atom stereocenters. The summed E-state index contributed by atoms with van der Waals surface area (Å²) in [5.74, 6) is 0.891. The van der Waals surface area contributed by atoms with Gasteiger partial charge in [0.05, 0.1) is 27.9 Å². The first kappa shape index (κ1) is 46.0. The van der Waals surface area contributed by atoms with Crippen molar-refractivity contribution in [1.29, 1.82) is 0 Å². The number of esters is 1. The average molecular weight is 801 g/mol. The quantitative estimate of drug-likeness (QED) is 0.0181. The summed E-state index contributed by atoms with van der Waals surface area (Å²) in [6, 6.07) is 11.2. The topological polar surface area (TPSA) is 114 Å². The standard InChI is InChI=1S/C49H68O9/c1-5-6-7-8-9-10-11-12-13-14-15-16-17-18-19-20-21-22-23-24-25-26-31-56-41-29-27-37(32-42(41)54-3)28-30-46(51)57-39-35-43(55-4)48-45(36-39)58-44-34-38(53-2)33-40(50)47(44)49(48)52/h27-30,32-36,50H,5-26,31H2,1-4H3/b30-28+. The number of phenolic OH excluding ortho intramolecular Hbond substituents is 1. The molecule has 3 aromatic carbocycles. The largest absolute Gasteiger partial charge is 0.507 e. The SMILES string of the molecule is CCCCCCCCCCCCCCCCCCCCCCCCOc1ccc(/C=C/C(=O)Oc2cc(OC)c3c(=O)c4c(O)cc(OC)cc4oc3c2)cc1OC. The van der Waals surface area contributed by atoms with Crippen LogP contribution in [0.15, 0.2) is 57.8 Å². The number of rotatable bonds is 30. The third-order valence-electron chi connectivity index (χ3n) is 10.8. The highest BCUT2D eigenvalue weighted by molar-refractivity contribution is 5.97. The summed E-state index contributed by atoms with van der Waals surface area (Å²) in [4.78, 5) is 26.1. The van der Waals surface area contributed by atoms with Crippen LogP contribution in [-0.4, -0.2) is 39.0 Å². The fourth-order valence-corrected chi connectivity index (χ4v) is 7.45. The summed E-state index contributed by atoms with van der Waals surface area (Å²) >= 11 is 0. The molecule has 0 bridgehead atoms. The fourth-order valence-electron chi connectivity index (χ4n) is 7.45. The number of phenols is 1. The van der Waals surface area contributed by atoms with Crippen LogP contribution in [0.1, 0.15) is 154 Å². The molecule has 0 amide bonds. The minimum atomic E-state index is -0.645. The zero-order valence-corrected chi connectivity index (χ0v) is 35.7. The molecule has 0 saturated heterocycles. The number of carbonyl (C=O) groups is 1. The van der Waals surface area contributed by atoms with Crippen molar-refractivity contribution < 1.29 is 38.0 Å². The molecule has 0 aliphatic carbocycles. The number of ether oxygens (including phenoxy) is 5. The molecule has 9 heteroatoms. The lowest BCUT2D eigenvalue weighted by Gasteiger charge is -2.11. The van der Waals surface area contributed by atoms with E-state index in [1.54, 1.807) is 19.3 Å². The van der Waals surface area contributed by atoms with E-state index in [4.69, 9.17) is 28.1 Å². The van der Waals surface area contributed by atoms with Crippen LogP contribution in [0.2, 0.25) is 0 Å². The summed E-state index contributed by atoms with van der Waals surface area (Å²) < 4.78 is 33.7. The van der Waals surface area contributed by atoms with Gasteiger partial charge >= 0.3 is 5.97 Å². The summed E-state index contributed by atoms with van der Waals surface area (Å²) in [5, 5.41) is 10.5. The number of carbonyl (C=O) groups excluding carboxylic acids is 1. The van der Waals surface area contributed by atoms with Crippen LogP contribution in [0.4, 0.5) is 0 Å². The molecule has 0 radical (unpaired) electrons. The van der Waals surface area contributed by atoms with E-state index in [1.165, 1.54) is 173 Å². The van der Waals surface area contributed by atoms with Crippen LogP contribution in [0.25, 0.3) is 28.0 Å². The summed E-state index contributed by atoms with van der Waals surface area (Å²) in [7, 11) is 4.43. The summed E-state index contributed by atoms with van der Waals surface area (Å²) in [5.41, 5.74) is 0.482. The maximum absolute atomic E-state index is 13.3. The Morgan fingerprint density at radius 3 is 1.64 bits per heavy atom. The Balaban J connectivity index is 1.08. The number of fused-ring (bicyclic) bond motifs is 2. The van der Waals surface area contributed by atoms with Crippen molar-refractivity contribution in [3.05, 3.63) is 64.3 Å². The normalized spacial score (nSPS) is 11.4. The van der Waals surface area contributed by atoms with Crippen LogP contribution in [-0.2, 0) is 4.79 Å². The lowest BCUT2D eigenvalue weighted by molar-refractivity contribution is -0.128. The molecule has 318 valence electrons. The molecule has 1 aromatic heterocycles. The Hall–Kier alpha value is -4.66. The third kappa shape index (κ3) is 15.3. The van der Waals surface area contributed by atoms with E-state index >= 15 is 0 Å². The maximum Gasteiger partial charge on any atom is 0.336 e. The minimum absolute atomic E-state index is 0.00713. The van der Waals surface area contributed by atoms with E-state index in [-0.39, 0.29) is 39.2 Å². The molecule has 9 nitrogen and oxygen atoms in total. The minimum Gasteiger partial charge on any atom is -0.507 e. The first-order valence-electron chi connectivity index (χ1n) is 21.9. The van der Waals surface area contributed by atoms with E-state index in [0.717, 1.165) is 18.4 Å². The molecule has 0 spiro atoms. The molecule has 0 fully saturated rings. The van der Waals surface area contributed by atoms with Gasteiger partial charge in [-0.2, -0.15) is 0 Å². The van der Waals surface area contributed by atoms with Gasteiger partial charge in [-0.05, 0) is 30.2 Å². The van der Waals surface area contributed by atoms with Crippen molar-refractivity contribution >= 4 is 34.0 Å². The molecule has 0 aliphatic rings. The summed E-state index contributed by atoms with van der Waals surface area (Å²) in [6.45, 7) is 2.91. The molecule has 1 N–H and O–H groups in total. The van der Waals surface area contributed by atoms with Gasteiger partial charge in [0, 0.05) is 30.3 Å². The van der Waals surface area contributed by atoms with Gasteiger partial charge in [-0.15, -0.1) is 0 Å². The smallest absolute Gasteiger partial charge is 0.336 e. The van der Waals surface area contributed by atoms with Gasteiger partial charge in [0.2, 0.25) is 5.43 Å². The number of unbranched alkanes of at least 4 members (excludes halogenated alkanes) is 21. The van der Waals surface area contributed by atoms with Gasteiger partial charge in [0.1, 0.15) is 44.9 Å². The van der Waals surface area contributed by atoms with Crippen molar-refractivity contribution in [1.82, 2.24) is 0 Å². The van der Waals surface area contributed by atoms with Gasteiger partial charge in [-0.1, -0.05) is 148 Å². The van der Waals surface area contributed by atoms with Crippen LogP contribution in [0.3, 0.4) is 0 Å². The Morgan fingerprint density at radius 2 is 1.10 bits per heavy atom. The number of aromatic hydroxyl groups is 1. The monoisotopic (exact) mass is 800 g/mol. The second kappa shape index (κ2) is 26.4. The second-order valence-corrected chi connectivity index (χ2v) is 15.4. The van der Waals surface area contributed by atoms with Gasteiger partial charge < -0.3 is 33.2 Å². The average Bonchev–Trinajstić information content (AvgIpc) is 3.22. The molecule has 0 saturated carbocycles. The zero-order chi connectivity index (χ0) is 41.4. The van der Waals surface area contributed by atoms with Crippen molar-refractivity contribution in [2.45, 2.75) is 148 Å². The fraction of sp³-hybridized carbons (Fsp3) is 0.551. The van der Waals surface area contributed by atoms with Gasteiger partial charge in [-0.25, -0.2) is 4.79 Å². The molecule has 4 rings (SSSR count). The lowest BCUT2D eigenvalue weighted by atomic mass is 10.0. The number of methoxy groups -OCH3 is 3. The molecular formula is C49H68O9. The van der Waals surface area contributed by atoms with E-state index in [9.17, 15) is 14.7 Å². The molecule has 1 heterocycles. The van der Waals surface area contributed by atoms with Crippen molar-refractivity contribution in [3.8, 4) is 34.5 Å². The zero-order valence-electron chi connectivity index (χ0n) is 35.7. The molecular weight excluding hydrogens is 733 g/mol. The molecule has 58 heavy (non-hydrogen) atoms. The molecule has 0 atom stereocenters. The highest BCUT2D eigenvalue weighted by Crippen LogP contribution is 2.35. The van der Waals surface area contributed by atoms with E-state index in [1.807, 2.05) is 12.1 Å². The Kier molecular flexibility index (Phi) is 20.9. The Bertz CT molecular complexity index is 1910. The number of benzene rings is 3. The Morgan fingerprint density at radius 1 is 0.586 bits per heavy atom. The first-order valence-corrected chi connectivity index (χ1v) is 21.9. The van der Waals surface area contributed by atoms with E-state index < -0.39 is 11.4 Å². The van der Waals surface area contributed by atoms with Crippen molar-refractivity contribution in [2.75, 3.05) is 27.9 Å². The predicted octanol–water partition coefficient (Wildman–Crippen LogP) is 13.3. The number of hydrogen-bond acceptors (Lipinski definition) is 9. The molecule has 0 aliphatic heterocycles. The summed E-state index contributed by atoms with van der Waals surface area (Å²) in [6.07, 6.45) is 32.9. The van der Waals surface area contributed by atoms with Crippen LogP contribution in [0, 0.1) is 0 Å². The first-order chi connectivity index (χ1) is 28.4. The van der Waals surface area contributed by atoms with Crippen LogP contribution in [0.5, 0.6) is 34.5 Å². The molecule has 4 aromatic rings. The van der Waals surface area contributed by atoms with Gasteiger partial charge in [-0.3, -0.25) is 4.79 Å². The van der Waals surface area contributed by atoms with Gasteiger partial charge in [0.25, 0.3) is 0 Å². The van der Waals surface area contributed by atoms with Crippen molar-refractivity contribution in [3.63, 3.8) is 0 Å². The highest BCUT2D eigenvalue weighted by Gasteiger charge is 2.19. The van der Waals surface area contributed by atoms with Gasteiger partial charge in [0.15, 0.2) is 11.5 Å². The lowest BCUT2D eigenvalue weighted by Crippen LogP contribution is -2.07. The predicted molar refractivity (Wildman–Crippen MR) is 235 cm³/mol. The maximum atomic E-state index is 13.3. The number of hydrogen-bond donors (Lipinski definition) is 1. The van der Waals surface area contributed by atoms with Crippen molar-refractivity contribution in [2.24, 2.45) is 0 Å². The van der Waals surface area contributed by atoms with Crippen LogP contribution < -0.4 is 29.1 Å². The van der Waals surface area contributed by atoms with E-state index in [2.05, 4.69) is 6.92 Å². The Labute approximate surface area is 346 Å².